The second-order valence-corrected chi connectivity index (χ2v) is 3.90. The van der Waals surface area contributed by atoms with E-state index < -0.39 is 0 Å². The van der Waals surface area contributed by atoms with E-state index in [4.69, 9.17) is 5.11 Å². The SMILES string of the molecule is Cc1cncc(-c2cnc(CO)c(C)c2)c1. The lowest BCUT2D eigenvalue weighted by Gasteiger charge is -2.06. The van der Waals surface area contributed by atoms with E-state index in [9.17, 15) is 0 Å². The van der Waals surface area contributed by atoms with Gasteiger partial charge in [0.1, 0.15) is 0 Å². The molecular formula is C13H14N2O. The van der Waals surface area contributed by atoms with Crippen LogP contribution in [0.3, 0.4) is 0 Å². The number of nitrogens with zero attached hydrogens (tertiary/aromatic N) is 2. The van der Waals surface area contributed by atoms with Crippen molar-refractivity contribution in [2.24, 2.45) is 0 Å². The molecule has 0 bridgehead atoms. The Labute approximate surface area is 94.8 Å². The van der Waals surface area contributed by atoms with Gasteiger partial charge in [0.15, 0.2) is 0 Å². The van der Waals surface area contributed by atoms with Crippen LogP contribution >= 0.6 is 0 Å². The van der Waals surface area contributed by atoms with Crippen LogP contribution in [0.25, 0.3) is 11.1 Å². The second-order valence-electron chi connectivity index (χ2n) is 3.90. The molecule has 0 aromatic carbocycles. The predicted octanol–water partition coefficient (Wildman–Crippen LogP) is 2.25. The fourth-order valence-electron chi connectivity index (χ4n) is 1.64. The van der Waals surface area contributed by atoms with Gasteiger partial charge >= 0.3 is 0 Å². The van der Waals surface area contributed by atoms with Gasteiger partial charge in [-0.2, -0.15) is 0 Å². The molecule has 0 fully saturated rings. The highest BCUT2D eigenvalue weighted by Crippen LogP contribution is 2.20. The monoisotopic (exact) mass is 214 g/mol. The fourth-order valence-corrected chi connectivity index (χ4v) is 1.64. The van der Waals surface area contributed by atoms with Gasteiger partial charge in [0.05, 0.1) is 12.3 Å². The number of hydrogen-bond acceptors (Lipinski definition) is 3. The van der Waals surface area contributed by atoms with Gasteiger partial charge in [-0.05, 0) is 37.1 Å². The van der Waals surface area contributed by atoms with Crippen molar-refractivity contribution in [1.29, 1.82) is 0 Å². The lowest BCUT2D eigenvalue weighted by atomic mass is 10.1. The minimum absolute atomic E-state index is 0.0157. The molecule has 0 unspecified atom stereocenters. The van der Waals surface area contributed by atoms with Crippen molar-refractivity contribution in [2.75, 3.05) is 0 Å². The molecule has 2 rings (SSSR count). The summed E-state index contributed by atoms with van der Waals surface area (Å²) in [5.74, 6) is 0. The summed E-state index contributed by atoms with van der Waals surface area (Å²) < 4.78 is 0. The van der Waals surface area contributed by atoms with E-state index in [0.29, 0.717) is 0 Å². The molecule has 82 valence electrons. The van der Waals surface area contributed by atoms with Crippen LogP contribution in [0.5, 0.6) is 0 Å². The highest BCUT2D eigenvalue weighted by molar-refractivity contribution is 5.63. The average Bonchev–Trinajstić information content (AvgIpc) is 2.29. The van der Waals surface area contributed by atoms with E-state index in [1.54, 1.807) is 6.20 Å². The molecule has 0 aliphatic rings. The quantitative estimate of drug-likeness (QED) is 0.834. The highest BCUT2D eigenvalue weighted by atomic mass is 16.3. The first kappa shape index (κ1) is 10.8. The van der Waals surface area contributed by atoms with Gasteiger partial charge in [0.25, 0.3) is 0 Å². The zero-order valence-corrected chi connectivity index (χ0v) is 9.44. The highest BCUT2D eigenvalue weighted by Gasteiger charge is 2.03. The largest absolute Gasteiger partial charge is 0.390 e. The van der Waals surface area contributed by atoms with Crippen molar-refractivity contribution in [3.8, 4) is 11.1 Å². The Balaban J connectivity index is 2.45. The third kappa shape index (κ3) is 2.09. The molecule has 2 aromatic rings. The van der Waals surface area contributed by atoms with Crippen LogP contribution in [-0.2, 0) is 6.61 Å². The Kier molecular flexibility index (Phi) is 2.97. The van der Waals surface area contributed by atoms with Crippen LogP contribution in [0.1, 0.15) is 16.8 Å². The smallest absolute Gasteiger partial charge is 0.0855 e. The van der Waals surface area contributed by atoms with Crippen molar-refractivity contribution in [3.63, 3.8) is 0 Å². The summed E-state index contributed by atoms with van der Waals surface area (Å²) in [5.41, 5.74) is 4.94. The molecule has 0 saturated heterocycles. The Hall–Kier alpha value is -1.74. The maximum Gasteiger partial charge on any atom is 0.0855 e. The minimum atomic E-state index is -0.0157. The van der Waals surface area contributed by atoms with Gasteiger partial charge in [-0.15, -0.1) is 0 Å². The number of rotatable bonds is 2. The molecule has 0 spiro atoms. The van der Waals surface area contributed by atoms with Crippen LogP contribution in [0, 0.1) is 13.8 Å². The summed E-state index contributed by atoms with van der Waals surface area (Å²) in [6, 6.07) is 4.09. The molecule has 0 saturated carbocycles. The number of aryl methyl sites for hydroxylation is 2. The number of pyridine rings is 2. The first-order valence-corrected chi connectivity index (χ1v) is 5.19. The number of aliphatic hydroxyl groups excluding tert-OH is 1. The Morgan fingerprint density at radius 3 is 2.44 bits per heavy atom. The fraction of sp³-hybridized carbons (Fsp3) is 0.231. The number of aliphatic hydroxyl groups is 1. The Morgan fingerprint density at radius 1 is 1.06 bits per heavy atom. The predicted molar refractivity (Wildman–Crippen MR) is 62.9 cm³/mol. The third-order valence-corrected chi connectivity index (χ3v) is 2.54. The summed E-state index contributed by atoms with van der Waals surface area (Å²) >= 11 is 0. The zero-order valence-electron chi connectivity index (χ0n) is 9.44. The molecule has 3 nitrogen and oxygen atoms in total. The lowest BCUT2D eigenvalue weighted by Crippen LogP contribution is -1.94. The van der Waals surface area contributed by atoms with E-state index in [1.807, 2.05) is 32.3 Å². The Bertz CT molecular complexity index is 509. The summed E-state index contributed by atoms with van der Waals surface area (Å²) in [6.45, 7) is 3.95. The van der Waals surface area contributed by atoms with Gasteiger partial charge in [0, 0.05) is 29.7 Å². The molecule has 2 aromatic heterocycles. The first-order valence-electron chi connectivity index (χ1n) is 5.19. The molecule has 0 amide bonds. The second kappa shape index (κ2) is 4.41. The lowest BCUT2D eigenvalue weighted by molar-refractivity contribution is 0.276. The van der Waals surface area contributed by atoms with Gasteiger partial charge in [0.2, 0.25) is 0 Å². The van der Waals surface area contributed by atoms with Crippen LogP contribution in [0.15, 0.2) is 30.7 Å². The maximum absolute atomic E-state index is 9.05. The summed E-state index contributed by atoms with van der Waals surface area (Å²) in [4.78, 5) is 8.38. The van der Waals surface area contributed by atoms with Crippen LogP contribution in [0.4, 0.5) is 0 Å². The number of aromatic nitrogens is 2. The normalized spacial score (nSPS) is 10.4. The molecule has 0 radical (unpaired) electrons. The molecule has 1 N–H and O–H groups in total. The summed E-state index contributed by atoms with van der Waals surface area (Å²) in [5, 5.41) is 9.05. The Morgan fingerprint density at radius 2 is 1.81 bits per heavy atom. The topological polar surface area (TPSA) is 46.0 Å². The summed E-state index contributed by atoms with van der Waals surface area (Å²) in [7, 11) is 0. The average molecular weight is 214 g/mol. The van der Waals surface area contributed by atoms with E-state index >= 15 is 0 Å². The molecule has 3 heteroatoms. The van der Waals surface area contributed by atoms with Gasteiger partial charge in [-0.3, -0.25) is 9.97 Å². The molecular weight excluding hydrogens is 200 g/mol. The molecule has 16 heavy (non-hydrogen) atoms. The van der Waals surface area contributed by atoms with Crippen LogP contribution in [0.2, 0.25) is 0 Å². The van der Waals surface area contributed by atoms with Gasteiger partial charge in [-0.25, -0.2) is 0 Å². The van der Waals surface area contributed by atoms with E-state index in [1.165, 1.54) is 0 Å². The van der Waals surface area contributed by atoms with Crippen molar-refractivity contribution in [2.45, 2.75) is 20.5 Å². The van der Waals surface area contributed by atoms with Crippen molar-refractivity contribution in [3.05, 3.63) is 47.5 Å². The maximum atomic E-state index is 9.05. The zero-order chi connectivity index (χ0) is 11.5. The molecule has 0 atom stereocenters. The molecule has 0 aliphatic carbocycles. The van der Waals surface area contributed by atoms with E-state index in [2.05, 4.69) is 16.0 Å². The third-order valence-electron chi connectivity index (χ3n) is 2.54. The minimum Gasteiger partial charge on any atom is -0.390 e. The van der Waals surface area contributed by atoms with E-state index in [0.717, 1.165) is 27.9 Å². The van der Waals surface area contributed by atoms with Gasteiger partial charge < -0.3 is 5.11 Å². The van der Waals surface area contributed by atoms with Crippen molar-refractivity contribution >= 4 is 0 Å². The summed E-state index contributed by atoms with van der Waals surface area (Å²) in [6.07, 6.45) is 5.42. The van der Waals surface area contributed by atoms with Gasteiger partial charge in [-0.1, -0.05) is 0 Å². The van der Waals surface area contributed by atoms with Crippen molar-refractivity contribution < 1.29 is 5.11 Å². The van der Waals surface area contributed by atoms with Crippen molar-refractivity contribution in [1.82, 2.24) is 9.97 Å². The van der Waals surface area contributed by atoms with Crippen LogP contribution in [-0.4, -0.2) is 15.1 Å². The first-order chi connectivity index (χ1) is 7.70. The molecule has 2 heterocycles. The molecule has 0 aliphatic heterocycles. The van der Waals surface area contributed by atoms with Crippen LogP contribution < -0.4 is 0 Å². The standard InChI is InChI=1S/C13H14N2O/c1-9-3-11(6-14-5-9)12-4-10(2)13(8-16)15-7-12/h3-7,16H,8H2,1-2H3. The van der Waals surface area contributed by atoms with E-state index in [-0.39, 0.29) is 6.61 Å². The number of hydrogen-bond donors (Lipinski definition) is 1.